The first kappa shape index (κ1) is 15.2. The maximum Gasteiger partial charge on any atom is 0.248 e. The first-order chi connectivity index (χ1) is 9.97. The summed E-state index contributed by atoms with van der Waals surface area (Å²) in [6.45, 7) is 0.586. The average molecular weight is 304 g/mol. The summed E-state index contributed by atoms with van der Waals surface area (Å²) in [4.78, 5) is 13.2. The van der Waals surface area contributed by atoms with Crippen molar-refractivity contribution >= 4 is 28.9 Å². The van der Waals surface area contributed by atoms with E-state index in [4.69, 9.17) is 17.3 Å². The van der Waals surface area contributed by atoms with Crippen molar-refractivity contribution in [2.75, 3.05) is 24.3 Å². The Balaban J connectivity index is 2.18. The van der Waals surface area contributed by atoms with Crippen LogP contribution in [0.2, 0.25) is 5.02 Å². The highest BCUT2D eigenvalue weighted by Gasteiger charge is 2.06. The van der Waals surface area contributed by atoms with Crippen molar-refractivity contribution in [1.29, 1.82) is 0 Å². The van der Waals surface area contributed by atoms with Gasteiger partial charge in [-0.1, -0.05) is 23.7 Å². The van der Waals surface area contributed by atoms with Crippen molar-refractivity contribution in [2.24, 2.45) is 5.73 Å². The molecule has 110 valence electrons. The number of halogens is 1. The van der Waals surface area contributed by atoms with Gasteiger partial charge in [0.2, 0.25) is 5.91 Å². The second-order valence-corrected chi connectivity index (χ2v) is 5.41. The minimum absolute atomic E-state index is 0.423. The number of nitrogens with two attached hydrogens (primary N) is 1. The molecule has 0 aliphatic rings. The van der Waals surface area contributed by atoms with Crippen LogP contribution in [0.1, 0.15) is 15.9 Å². The van der Waals surface area contributed by atoms with E-state index in [-0.39, 0.29) is 0 Å². The van der Waals surface area contributed by atoms with Crippen LogP contribution < -0.4 is 16.0 Å². The molecule has 2 rings (SSSR count). The molecule has 4 nitrogen and oxygen atoms in total. The number of nitrogens with zero attached hydrogens (tertiary/aromatic N) is 1. The number of nitrogens with one attached hydrogen (secondary N) is 1. The number of hydrogen-bond acceptors (Lipinski definition) is 3. The Bertz CT molecular complexity index is 656. The van der Waals surface area contributed by atoms with Gasteiger partial charge >= 0.3 is 0 Å². The molecule has 5 heteroatoms. The number of benzene rings is 2. The quantitative estimate of drug-likeness (QED) is 0.892. The van der Waals surface area contributed by atoms with Gasteiger partial charge in [0.15, 0.2) is 0 Å². The highest BCUT2D eigenvalue weighted by atomic mass is 35.5. The molecule has 21 heavy (non-hydrogen) atoms. The largest absolute Gasteiger partial charge is 0.379 e. The van der Waals surface area contributed by atoms with E-state index in [1.165, 1.54) is 0 Å². The molecule has 0 atom stereocenters. The number of hydrogen-bond donors (Lipinski definition) is 2. The predicted molar refractivity (Wildman–Crippen MR) is 88.1 cm³/mol. The van der Waals surface area contributed by atoms with Crippen molar-refractivity contribution in [1.82, 2.24) is 0 Å². The second-order valence-electron chi connectivity index (χ2n) is 4.97. The summed E-state index contributed by atoms with van der Waals surface area (Å²) >= 11 is 6.05. The molecule has 0 saturated carbocycles. The van der Waals surface area contributed by atoms with E-state index >= 15 is 0 Å². The summed E-state index contributed by atoms with van der Waals surface area (Å²) in [6, 6.07) is 13.0. The maximum absolute atomic E-state index is 11.2. The van der Waals surface area contributed by atoms with E-state index in [0.29, 0.717) is 17.1 Å². The molecule has 0 spiro atoms. The third-order valence-corrected chi connectivity index (χ3v) is 3.37. The van der Waals surface area contributed by atoms with Gasteiger partial charge < -0.3 is 16.0 Å². The fourth-order valence-corrected chi connectivity index (χ4v) is 2.24. The van der Waals surface area contributed by atoms with Crippen LogP contribution in [0.4, 0.5) is 11.4 Å². The number of rotatable bonds is 5. The molecule has 0 saturated heterocycles. The Hall–Kier alpha value is -2.20. The van der Waals surface area contributed by atoms with E-state index in [0.717, 1.165) is 16.9 Å². The Labute approximate surface area is 129 Å². The van der Waals surface area contributed by atoms with Crippen molar-refractivity contribution in [3.8, 4) is 0 Å². The summed E-state index contributed by atoms with van der Waals surface area (Å²) in [5, 5.41) is 4.01. The van der Waals surface area contributed by atoms with Crippen LogP contribution in [-0.2, 0) is 6.54 Å². The first-order valence-corrected chi connectivity index (χ1v) is 6.94. The van der Waals surface area contributed by atoms with Gasteiger partial charge in [-0.05, 0) is 35.9 Å². The number of carbonyl (C=O) groups excluding carboxylic acids is 1. The SMILES string of the molecule is CN(C)c1ccc(Cl)cc1NCc1cccc(C(N)=O)c1. The molecule has 2 aromatic carbocycles. The Morgan fingerprint density at radius 3 is 2.67 bits per heavy atom. The number of primary amides is 1. The van der Waals surface area contributed by atoms with Crippen LogP contribution in [0.3, 0.4) is 0 Å². The van der Waals surface area contributed by atoms with Crippen molar-refractivity contribution in [2.45, 2.75) is 6.54 Å². The molecule has 0 radical (unpaired) electrons. The van der Waals surface area contributed by atoms with Crippen molar-refractivity contribution in [3.63, 3.8) is 0 Å². The Morgan fingerprint density at radius 1 is 1.24 bits per heavy atom. The smallest absolute Gasteiger partial charge is 0.248 e. The lowest BCUT2D eigenvalue weighted by atomic mass is 10.1. The molecule has 0 aliphatic heterocycles. The fourth-order valence-electron chi connectivity index (χ4n) is 2.07. The first-order valence-electron chi connectivity index (χ1n) is 6.57. The van der Waals surface area contributed by atoms with Gasteiger partial charge in [-0.3, -0.25) is 4.79 Å². The molecule has 2 aromatic rings. The zero-order valence-electron chi connectivity index (χ0n) is 12.1. The third kappa shape index (κ3) is 3.89. The van der Waals surface area contributed by atoms with Gasteiger partial charge in [-0.25, -0.2) is 0 Å². The molecule has 0 aliphatic carbocycles. The third-order valence-electron chi connectivity index (χ3n) is 3.13. The Kier molecular flexibility index (Phi) is 4.70. The predicted octanol–water partition coefficient (Wildman–Crippen LogP) is 3.12. The number of amides is 1. The van der Waals surface area contributed by atoms with Gasteiger partial charge in [-0.15, -0.1) is 0 Å². The minimum atomic E-state index is -0.423. The van der Waals surface area contributed by atoms with E-state index in [1.807, 2.05) is 49.3 Å². The molecule has 3 N–H and O–H groups in total. The molecule has 0 bridgehead atoms. The molecular weight excluding hydrogens is 286 g/mol. The van der Waals surface area contributed by atoms with E-state index in [1.54, 1.807) is 12.1 Å². The minimum Gasteiger partial charge on any atom is -0.379 e. The summed E-state index contributed by atoms with van der Waals surface area (Å²) in [6.07, 6.45) is 0. The van der Waals surface area contributed by atoms with Gasteiger partial charge in [0.1, 0.15) is 0 Å². The van der Waals surface area contributed by atoms with Crippen molar-refractivity contribution < 1.29 is 4.79 Å². The van der Waals surface area contributed by atoms with E-state index in [2.05, 4.69) is 5.32 Å². The zero-order valence-corrected chi connectivity index (χ0v) is 12.8. The lowest BCUT2D eigenvalue weighted by Crippen LogP contribution is -2.13. The van der Waals surface area contributed by atoms with Crippen LogP contribution in [0.25, 0.3) is 0 Å². The van der Waals surface area contributed by atoms with Gasteiger partial charge in [0, 0.05) is 31.2 Å². The van der Waals surface area contributed by atoms with Gasteiger partial charge in [0.25, 0.3) is 0 Å². The van der Waals surface area contributed by atoms with Crippen LogP contribution in [0, 0.1) is 0 Å². The molecule has 0 unspecified atom stereocenters. The number of carbonyl (C=O) groups is 1. The Morgan fingerprint density at radius 2 is 2.00 bits per heavy atom. The summed E-state index contributed by atoms with van der Waals surface area (Å²) in [5.41, 5.74) is 8.77. The van der Waals surface area contributed by atoms with Crippen LogP contribution in [0.5, 0.6) is 0 Å². The lowest BCUT2D eigenvalue weighted by molar-refractivity contribution is 0.1000. The van der Waals surface area contributed by atoms with Crippen LogP contribution in [-0.4, -0.2) is 20.0 Å². The van der Waals surface area contributed by atoms with Crippen LogP contribution in [0.15, 0.2) is 42.5 Å². The van der Waals surface area contributed by atoms with Gasteiger partial charge in [0.05, 0.1) is 11.4 Å². The normalized spacial score (nSPS) is 10.2. The van der Waals surface area contributed by atoms with E-state index in [9.17, 15) is 4.79 Å². The summed E-state index contributed by atoms with van der Waals surface area (Å²) < 4.78 is 0. The summed E-state index contributed by atoms with van der Waals surface area (Å²) in [5.74, 6) is -0.423. The highest BCUT2D eigenvalue weighted by molar-refractivity contribution is 6.31. The standard InChI is InChI=1S/C16H18ClN3O/c1-20(2)15-7-6-13(17)9-14(15)19-10-11-4-3-5-12(8-11)16(18)21/h3-9,19H,10H2,1-2H3,(H2,18,21). The fraction of sp³-hybridized carbons (Fsp3) is 0.188. The highest BCUT2D eigenvalue weighted by Crippen LogP contribution is 2.28. The second kappa shape index (κ2) is 6.50. The molecule has 1 amide bonds. The van der Waals surface area contributed by atoms with E-state index < -0.39 is 5.91 Å². The summed E-state index contributed by atoms with van der Waals surface area (Å²) in [7, 11) is 3.95. The van der Waals surface area contributed by atoms with Gasteiger partial charge in [-0.2, -0.15) is 0 Å². The monoisotopic (exact) mass is 303 g/mol. The zero-order chi connectivity index (χ0) is 15.4. The maximum atomic E-state index is 11.2. The molecular formula is C16H18ClN3O. The molecule has 0 aromatic heterocycles. The number of anilines is 2. The molecule has 0 heterocycles. The molecule has 0 fully saturated rings. The van der Waals surface area contributed by atoms with Crippen LogP contribution >= 0.6 is 11.6 Å². The lowest BCUT2D eigenvalue weighted by Gasteiger charge is -2.19. The topological polar surface area (TPSA) is 58.4 Å². The van der Waals surface area contributed by atoms with Crippen molar-refractivity contribution in [3.05, 3.63) is 58.6 Å². The average Bonchev–Trinajstić information content (AvgIpc) is 2.45.